The number of carbonyl (C=O) groups is 1. The summed E-state index contributed by atoms with van der Waals surface area (Å²) in [5.74, 6) is 0.111. The first kappa shape index (κ1) is 10.5. The van der Waals surface area contributed by atoms with Gasteiger partial charge in [-0.05, 0) is 32.1 Å². The van der Waals surface area contributed by atoms with Crippen LogP contribution >= 0.6 is 0 Å². The third-order valence-corrected chi connectivity index (χ3v) is 2.76. The van der Waals surface area contributed by atoms with E-state index in [4.69, 9.17) is 4.74 Å². The molecule has 0 spiro atoms. The Bertz CT molecular complexity index is 179. The zero-order valence-electron chi connectivity index (χ0n) is 8.32. The van der Waals surface area contributed by atoms with E-state index in [1.807, 2.05) is 13.8 Å². The van der Waals surface area contributed by atoms with Gasteiger partial charge >= 0.3 is 5.97 Å². The number of hydrogen-bond donors (Lipinski definition) is 1. The summed E-state index contributed by atoms with van der Waals surface area (Å²) in [6, 6.07) is 0. The van der Waals surface area contributed by atoms with Crippen molar-refractivity contribution < 1.29 is 14.6 Å². The largest absolute Gasteiger partial charge is 0.466 e. The van der Waals surface area contributed by atoms with Gasteiger partial charge in [0.2, 0.25) is 0 Å². The quantitative estimate of drug-likeness (QED) is 0.662. The van der Waals surface area contributed by atoms with Crippen LogP contribution in [0.5, 0.6) is 0 Å². The molecule has 1 aliphatic carbocycles. The number of aliphatic hydroxyl groups is 1. The number of rotatable bonds is 2. The van der Waals surface area contributed by atoms with E-state index in [1.54, 1.807) is 0 Å². The van der Waals surface area contributed by atoms with E-state index < -0.39 is 0 Å². The van der Waals surface area contributed by atoms with E-state index in [0.29, 0.717) is 18.9 Å². The van der Waals surface area contributed by atoms with Gasteiger partial charge in [-0.2, -0.15) is 0 Å². The topological polar surface area (TPSA) is 46.5 Å². The molecule has 3 heteroatoms. The highest BCUT2D eigenvalue weighted by molar-refractivity contribution is 5.72. The molecule has 0 aromatic heterocycles. The summed E-state index contributed by atoms with van der Waals surface area (Å²) in [5.41, 5.74) is 0. The van der Waals surface area contributed by atoms with E-state index in [1.165, 1.54) is 0 Å². The second-order valence-corrected chi connectivity index (χ2v) is 3.80. The molecule has 1 rings (SSSR count). The van der Waals surface area contributed by atoms with Crippen LogP contribution in [-0.4, -0.2) is 23.8 Å². The van der Waals surface area contributed by atoms with Crippen molar-refractivity contribution in [2.24, 2.45) is 11.8 Å². The minimum absolute atomic E-state index is 0.0938. The molecule has 0 bridgehead atoms. The van der Waals surface area contributed by atoms with Crippen molar-refractivity contribution >= 4 is 5.97 Å². The van der Waals surface area contributed by atoms with Crippen LogP contribution in [0.1, 0.15) is 33.1 Å². The van der Waals surface area contributed by atoms with Gasteiger partial charge in [-0.3, -0.25) is 4.79 Å². The highest BCUT2D eigenvalue weighted by atomic mass is 16.5. The lowest BCUT2D eigenvalue weighted by Crippen LogP contribution is -2.33. The van der Waals surface area contributed by atoms with Gasteiger partial charge in [0.15, 0.2) is 0 Å². The van der Waals surface area contributed by atoms with E-state index >= 15 is 0 Å². The normalized spacial score (nSPS) is 34.2. The summed E-state index contributed by atoms with van der Waals surface area (Å²) in [7, 11) is 0. The predicted octanol–water partition coefficient (Wildman–Crippen LogP) is 1.35. The van der Waals surface area contributed by atoms with Gasteiger partial charge in [-0.1, -0.05) is 6.92 Å². The first-order valence-corrected chi connectivity index (χ1v) is 4.99. The van der Waals surface area contributed by atoms with Gasteiger partial charge < -0.3 is 9.84 Å². The molecule has 13 heavy (non-hydrogen) atoms. The molecule has 0 unspecified atom stereocenters. The standard InChI is InChI=1S/C10H18O3/c1-3-13-10(12)9-6-8(11)5-4-7(9)2/h7-9,11H,3-6H2,1-2H3/t7-,8+,9-/m0/s1. The molecular weight excluding hydrogens is 168 g/mol. The minimum Gasteiger partial charge on any atom is -0.466 e. The SMILES string of the molecule is CCOC(=O)[C@H]1C[C@H](O)CC[C@@H]1C. The molecule has 3 atom stereocenters. The highest BCUT2D eigenvalue weighted by Crippen LogP contribution is 2.30. The van der Waals surface area contributed by atoms with Crippen LogP contribution in [-0.2, 0) is 9.53 Å². The van der Waals surface area contributed by atoms with E-state index in [0.717, 1.165) is 12.8 Å². The molecule has 0 aromatic carbocycles. The lowest BCUT2D eigenvalue weighted by Gasteiger charge is -2.29. The third-order valence-electron chi connectivity index (χ3n) is 2.76. The summed E-state index contributed by atoms with van der Waals surface area (Å²) in [4.78, 5) is 11.4. The second-order valence-electron chi connectivity index (χ2n) is 3.80. The molecule has 1 saturated carbocycles. The molecule has 0 aliphatic heterocycles. The van der Waals surface area contributed by atoms with Crippen molar-refractivity contribution in [3.63, 3.8) is 0 Å². The second kappa shape index (κ2) is 4.61. The average molecular weight is 186 g/mol. The van der Waals surface area contributed by atoms with Crippen molar-refractivity contribution in [2.45, 2.75) is 39.2 Å². The molecule has 76 valence electrons. The number of ether oxygens (including phenoxy) is 1. The van der Waals surface area contributed by atoms with Crippen LogP contribution in [0.25, 0.3) is 0 Å². The molecule has 0 heterocycles. The molecule has 3 nitrogen and oxygen atoms in total. The molecule has 0 amide bonds. The summed E-state index contributed by atoms with van der Waals surface area (Å²) < 4.78 is 4.95. The van der Waals surface area contributed by atoms with Crippen LogP contribution in [0.3, 0.4) is 0 Å². The van der Waals surface area contributed by atoms with Crippen LogP contribution in [0, 0.1) is 11.8 Å². The van der Waals surface area contributed by atoms with Crippen LogP contribution < -0.4 is 0 Å². The fourth-order valence-electron chi connectivity index (χ4n) is 1.88. The van der Waals surface area contributed by atoms with Crippen molar-refractivity contribution in [2.75, 3.05) is 6.61 Å². The number of esters is 1. The first-order chi connectivity index (χ1) is 6.15. The third kappa shape index (κ3) is 2.69. The maximum absolute atomic E-state index is 11.4. The minimum atomic E-state index is -0.314. The Labute approximate surface area is 79.1 Å². The Hall–Kier alpha value is -0.570. The van der Waals surface area contributed by atoms with Gasteiger partial charge in [0.25, 0.3) is 0 Å². The monoisotopic (exact) mass is 186 g/mol. The lowest BCUT2D eigenvalue weighted by atomic mass is 9.79. The summed E-state index contributed by atoms with van der Waals surface area (Å²) >= 11 is 0. The summed E-state index contributed by atoms with van der Waals surface area (Å²) in [6.45, 7) is 4.29. The molecular formula is C10H18O3. The van der Waals surface area contributed by atoms with Crippen LogP contribution in [0.15, 0.2) is 0 Å². The number of hydrogen-bond acceptors (Lipinski definition) is 3. The zero-order chi connectivity index (χ0) is 9.84. The fraction of sp³-hybridized carbons (Fsp3) is 0.900. The summed E-state index contributed by atoms with van der Waals surface area (Å²) in [5, 5.41) is 9.41. The van der Waals surface area contributed by atoms with Crippen LogP contribution in [0.4, 0.5) is 0 Å². The molecule has 0 radical (unpaired) electrons. The Morgan fingerprint density at radius 2 is 2.23 bits per heavy atom. The average Bonchev–Trinajstić information content (AvgIpc) is 2.09. The first-order valence-electron chi connectivity index (χ1n) is 4.99. The van der Waals surface area contributed by atoms with Gasteiger partial charge in [0, 0.05) is 0 Å². The van der Waals surface area contributed by atoms with Crippen molar-refractivity contribution in [1.29, 1.82) is 0 Å². The van der Waals surface area contributed by atoms with Gasteiger partial charge in [0.1, 0.15) is 0 Å². The molecule has 1 N–H and O–H groups in total. The lowest BCUT2D eigenvalue weighted by molar-refractivity contribution is -0.152. The zero-order valence-corrected chi connectivity index (χ0v) is 8.32. The van der Waals surface area contributed by atoms with Crippen molar-refractivity contribution in [3.8, 4) is 0 Å². The number of aliphatic hydroxyl groups excluding tert-OH is 1. The smallest absolute Gasteiger partial charge is 0.309 e. The van der Waals surface area contributed by atoms with Gasteiger partial charge in [-0.25, -0.2) is 0 Å². The van der Waals surface area contributed by atoms with Crippen LogP contribution in [0.2, 0.25) is 0 Å². The summed E-state index contributed by atoms with van der Waals surface area (Å²) in [6.07, 6.45) is 1.99. The van der Waals surface area contributed by atoms with E-state index in [2.05, 4.69) is 0 Å². The van der Waals surface area contributed by atoms with Crippen molar-refractivity contribution in [3.05, 3.63) is 0 Å². The Kier molecular flexibility index (Phi) is 3.72. The maximum atomic E-state index is 11.4. The molecule has 1 fully saturated rings. The number of carbonyl (C=O) groups excluding carboxylic acids is 1. The van der Waals surface area contributed by atoms with Crippen molar-refractivity contribution in [1.82, 2.24) is 0 Å². The van der Waals surface area contributed by atoms with E-state index in [9.17, 15) is 9.90 Å². The Morgan fingerprint density at radius 3 is 2.85 bits per heavy atom. The van der Waals surface area contributed by atoms with E-state index in [-0.39, 0.29) is 18.0 Å². The predicted molar refractivity (Wildman–Crippen MR) is 49.1 cm³/mol. The fourth-order valence-corrected chi connectivity index (χ4v) is 1.88. The molecule has 1 aliphatic rings. The van der Waals surface area contributed by atoms with Gasteiger partial charge in [-0.15, -0.1) is 0 Å². The highest BCUT2D eigenvalue weighted by Gasteiger charge is 2.32. The maximum Gasteiger partial charge on any atom is 0.309 e. The van der Waals surface area contributed by atoms with Gasteiger partial charge in [0.05, 0.1) is 18.6 Å². The Balaban J connectivity index is 2.50. The Morgan fingerprint density at radius 1 is 1.54 bits per heavy atom. The molecule has 0 saturated heterocycles. The molecule has 0 aromatic rings.